The number of anilines is 2. The van der Waals surface area contributed by atoms with Crippen molar-refractivity contribution in [2.45, 2.75) is 0 Å². The molecule has 2 aromatic rings. The average Bonchev–Trinajstić information content (AvgIpc) is 2.40. The second-order valence-corrected chi connectivity index (χ2v) is 4.77. The van der Waals surface area contributed by atoms with E-state index in [1.807, 2.05) is 0 Å². The molecule has 0 heterocycles. The van der Waals surface area contributed by atoms with Crippen molar-refractivity contribution >= 4 is 33.2 Å². The van der Waals surface area contributed by atoms with Crippen molar-refractivity contribution in [1.82, 2.24) is 0 Å². The maximum atomic E-state index is 13.5. The lowest BCUT2D eigenvalue weighted by Crippen LogP contribution is -2.15. The van der Waals surface area contributed by atoms with Crippen molar-refractivity contribution < 1.29 is 18.0 Å². The smallest absolute Gasteiger partial charge is 0.258 e. The highest BCUT2D eigenvalue weighted by molar-refractivity contribution is 9.10. The number of rotatable bonds is 2. The molecule has 0 unspecified atom stereocenters. The minimum absolute atomic E-state index is 0.305. The van der Waals surface area contributed by atoms with Gasteiger partial charge in [-0.3, -0.25) is 4.79 Å². The summed E-state index contributed by atoms with van der Waals surface area (Å²) in [5, 5.41) is 2.34. The van der Waals surface area contributed by atoms with E-state index in [1.165, 1.54) is 12.1 Å². The van der Waals surface area contributed by atoms with Gasteiger partial charge in [0.2, 0.25) is 0 Å². The number of benzene rings is 2. The Morgan fingerprint density at radius 2 is 1.80 bits per heavy atom. The molecule has 0 bridgehead atoms. The summed E-state index contributed by atoms with van der Waals surface area (Å²) < 4.78 is 39.9. The number of hydrogen-bond donors (Lipinski definition) is 2. The Labute approximate surface area is 120 Å². The van der Waals surface area contributed by atoms with Gasteiger partial charge in [0.15, 0.2) is 17.5 Å². The van der Waals surface area contributed by atoms with Gasteiger partial charge in [0.1, 0.15) is 0 Å². The molecule has 3 nitrogen and oxygen atoms in total. The molecule has 0 saturated carbocycles. The Kier molecular flexibility index (Phi) is 3.99. The van der Waals surface area contributed by atoms with Gasteiger partial charge in [0, 0.05) is 15.8 Å². The molecule has 0 spiro atoms. The summed E-state index contributed by atoms with van der Waals surface area (Å²) in [6.45, 7) is 0. The number of carbonyl (C=O) groups excluding carboxylic acids is 1. The van der Waals surface area contributed by atoms with E-state index in [1.54, 1.807) is 6.07 Å². The Hall–Kier alpha value is -2.02. The fourth-order valence-corrected chi connectivity index (χ4v) is 1.77. The van der Waals surface area contributed by atoms with Crippen molar-refractivity contribution in [2.24, 2.45) is 0 Å². The third kappa shape index (κ3) is 2.77. The number of hydrogen-bond acceptors (Lipinski definition) is 2. The average molecular weight is 345 g/mol. The zero-order valence-electron chi connectivity index (χ0n) is 9.88. The van der Waals surface area contributed by atoms with Crippen molar-refractivity contribution in [3.8, 4) is 0 Å². The van der Waals surface area contributed by atoms with Crippen LogP contribution in [0, 0.1) is 17.5 Å². The summed E-state index contributed by atoms with van der Waals surface area (Å²) in [4.78, 5) is 11.8. The molecule has 2 rings (SSSR count). The molecule has 0 aliphatic carbocycles. The summed E-state index contributed by atoms with van der Waals surface area (Å²) >= 11 is 3.18. The molecule has 0 fully saturated rings. The first-order chi connectivity index (χ1) is 9.40. The minimum atomic E-state index is -1.69. The van der Waals surface area contributed by atoms with E-state index in [9.17, 15) is 18.0 Å². The Morgan fingerprint density at radius 1 is 1.10 bits per heavy atom. The molecule has 0 radical (unpaired) electrons. The maximum absolute atomic E-state index is 13.5. The standard InChI is InChI=1S/C13H8BrF3N2O/c14-8-3-1-6(5-10(8)18)19-13(20)7-2-4-9(15)12(17)11(7)16/h1-5H,18H2,(H,19,20). The molecule has 1 amide bonds. The first-order valence-electron chi connectivity index (χ1n) is 5.40. The first kappa shape index (κ1) is 14.4. The van der Waals surface area contributed by atoms with Crippen LogP contribution < -0.4 is 11.1 Å². The summed E-state index contributed by atoms with van der Waals surface area (Å²) in [6.07, 6.45) is 0. The van der Waals surface area contributed by atoms with Crippen LogP contribution in [0.4, 0.5) is 24.5 Å². The molecular weight excluding hydrogens is 337 g/mol. The van der Waals surface area contributed by atoms with Gasteiger partial charge in [-0.2, -0.15) is 0 Å². The summed E-state index contributed by atoms with van der Waals surface area (Å²) in [5.41, 5.74) is 5.71. The lowest BCUT2D eigenvalue weighted by Gasteiger charge is -2.08. The van der Waals surface area contributed by atoms with Crippen molar-refractivity contribution in [3.05, 3.63) is 57.8 Å². The van der Waals surface area contributed by atoms with Gasteiger partial charge in [-0.25, -0.2) is 13.2 Å². The van der Waals surface area contributed by atoms with Gasteiger partial charge in [0.25, 0.3) is 5.91 Å². The largest absolute Gasteiger partial charge is 0.398 e. The van der Waals surface area contributed by atoms with Crippen LogP contribution in [0.5, 0.6) is 0 Å². The van der Waals surface area contributed by atoms with E-state index in [4.69, 9.17) is 5.73 Å². The molecule has 2 aromatic carbocycles. The lowest BCUT2D eigenvalue weighted by molar-refractivity contribution is 0.102. The van der Waals surface area contributed by atoms with Gasteiger partial charge in [0.05, 0.1) is 5.56 Å². The van der Waals surface area contributed by atoms with E-state index in [2.05, 4.69) is 21.2 Å². The molecule has 0 aliphatic rings. The highest BCUT2D eigenvalue weighted by Crippen LogP contribution is 2.24. The fourth-order valence-electron chi connectivity index (χ4n) is 1.52. The van der Waals surface area contributed by atoms with Crippen molar-refractivity contribution in [2.75, 3.05) is 11.1 Å². The molecule has 7 heteroatoms. The molecular formula is C13H8BrF3N2O. The number of carbonyl (C=O) groups is 1. The van der Waals surface area contributed by atoms with E-state index in [0.29, 0.717) is 21.9 Å². The SMILES string of the molecule is Nc1cc(NC(=O)c2ccc(F)c(F)c2F)ccc1Br. The van der Waals surface area contributed by atoms with Crippen LogP contribution >= 0.6 is 15.9 Å². The topological polar surface area (TPSA) is 55.1 Å². The minimum Gasteiger partial charge on any atom is -0.398 e. The van der Waals surface area contributed by atoms with Gasteiger partial charge in [-0.05, 0) is 46.3 Å². The number of nitrogens with two attached hydrogens (primary N) is 1. The zero-order valence-corrected chi connectivity index (χ0v) is 11.5. The number of nitrogen functional groups attached to an aromatic ring is 1. The van der Waals surface area contributed by atoms with Gasteiger partial charge in [-0.15, -0.1) is 0 Å². The lowest BCUT2D eigenvalue weighted by atomic mass is 10.1. The third-order valence-corrected chi connectivity index (χ3v) is 3.26. The summed E-state index contributed by atoms with van der Waals surface area (Å²) in [6, 6.07) is 6.11. The summed E-state index contributed by atoms with van der Waals surface area (Å²) in [7, 11) is 0. The normalized spacial score (nSPS) is 10.4. The van der Waals surface area contributed by atoms with Crippen LogP contribution in [0.15, 0.2) is 34.8 Å². The van der Waals surface area contributed by atoms with Crippen molar-refractivity contribution in [3.63, 3.8) is 0 Å². The Bertz CT molecular complexity index is 692. The predicted octanol–water partition coefficient (Wildman–Crippen LogP) is 3.70. The molecule has 0 saturated heterocycles. The number of amides is 1. The number of nitrogens with one attached hydrogen (secondary N) is 1. The first-order valence-corrected chi connectivity index (χ1v) is 6.19. The molecule has 20 heavy (non-hydrogen) atoms. The fraction of sp³-hybridized carbons (Fsp3) is 0. The monoisotopic (exact) mass is 344 g/mol. The molecule has 0 aromatic heterocycles. The van der Waals surface area contributed by atoms with Crippen LogP contribution in [0.25, 0.3) is 0 Å². The number of halogens is 4. The van der Waals surface area contributed by atoms with Gasteiger partial charge < -0.3 is 11.1 Å². The van der Waals surface area contributed by atoms with Crippen LogP contribution in [-0.2, 0) is 0 Å². The van der Waals surface area contributed by atoms with Crippen molar-refractivity contribution in [1.29, 1.82) is 0 Å². The predicted molar refractivity (Wildman–Crippen MR) is 72.8 cm³/mol. The van der Waals surface area contributed by atoms with E-state index in [0.717, 1.165) is 6.07 Å². The highest BCUT2D eigenvalue weighted by atomic mass is 79.9. The van der Waals surface area contributed by atoms with Crippen LogP contribution in [-0.4, -0.2) is 5.91 Å². The highest BCUT2D eigenvalue weighted by Gasteiger charge is 2.18. The van der Waals surface area contributed by atoms with Crippen LogP contribution in [0.1, 0.15) is 10.4 Å². The summed E-state index contributed by atoms with van der Waals surface area (Å²) in [5.74, 6) is -5.48. The van der Waals surface area contributed by atoms with E-state index in [-0.39, 0.29) is 0 Å². The molecule has 3 N–H and O–H groups in total. The second-order valence-electron chi connectivity index (χ2n) is 3.91. The molecule has 104 valence electrons. The molecule has 0 aliphatic heterocycles. The molecule has 0 atom stereocenters. The van der Waals surface area contributed by atoms with Gasteiger partial charge >= 0.3 is 0 Å². The van der Waals surface area contributed by atoms with E-state index < -0.39 is 28.9 Å². The van der Waals surface area contributed by atoms with Crippen LogP contribution in [0.3, 0.4) is 0 Å². The Morgan fingerprint density at radius 3 is 2.45 bits per heavy atom. The second kappa shape index (κ2) is 5.54. The maximum Gasteiger partial charge on any atom is 0.258 e. The third-order valence-electron chi connectivity index (χ3n) is 2.53. The Balaban J connectivity index is 2.28. The van der Waals surface area contributed by atoms with Crippen LogP contribution in [0.2, 0.25) is 0 Å². The quantitative estimate of drug-likeness (QED) is 0.644. The van der Waals surface area contributed by atoms with E-state index >= 15 is 0 Å². The van der Waals surface area contributed by atoms with Gasteiger partial charge in [-0.1, -0.05) is 0 Å². The zero-order chi connectivity index (χ0) is 14.9.